The lowest BCUT2D eigenvalue weighted by Crippen LogP contribution is -2.44. The maximum Gasteiger partial charge on any atom is 0.342 e. The van der Waals surface area contributed by atoms with Crippen LogP contribution in [0.5, 0.6) is 0 Å². The lowest BCUT2D eigenvalue weighted by Gasteiger charge is -2.34. The van der Waals surface area contributed by atoms with E-state index in [0.29, 0.717) is 16.7 Å². The summed E-state index contributed by atoms with van der Waals surface area (Å²) in [5.74, 6) is -1.16. The van der Waals surface area contributed by atoms with Crippen LogP contribution >= 0.6 is 11.8 Å². The fourth-order valence-corrected chi connectivity index (χ4v) is 4.11. The first kappa shape index (κ1) is 20.9. The number of rotatable bonds is 6. The van der Waals surface area contributed by atoms with E-state index in [1.165, 1.54) is 18.2 Å². The Bertz CT molecular complexity index is 1130. The summed E-state index contributed by atoms with van der Waals surface area (Å²) in [7, 11) is 2.04. The van der Waals surface area contributed by atoms with Gasteiger partial charge in [-0.25, -0.2) is 9.78 Å². The van der Waals surface area contributed by atoms with Crippen molar-refractivity contribution in [1.29, 1.82) is 0 Å². The number of nitro groups is 1. The van der Waals surface area contributed by atoms with Gasteiger partial charge in [-0.15, -0.1) is 0 Å². The molecule has 160 valence electrons. The molecule has 1 aromatic heterocycles. The molecule has 4 rings (SSSR count). The van der Waals surface area contributed by atoms with Crippen molar-refractivity contribution in [3.63, 3.8) is 0 Å². The van der Waals surface area contributed by atoms with Gasteiger partial charge >= 0.3 is 5.97 Å². The van der Waals surface area contributed by atoms with E-state index in [9.17, 15) is 20.0 Å². The van der Waals surface area contributed by atoms with Gasteiger partial charge in [0.15, 0.2) is 5.58 Å². The van der Waals surface area contributed by atoms with Crippen LogP contribution in [-0.2, 0) is 4.79 Å². The van der Waals surface area contributed by atoms with E-state index in [1.54, 1.807) is 24.3 Å². The van der Waals surface area contributed by atoms with E-state index in [1.807, 2.05) is 13.1 Å². The number of hydrogen-bond acceptors (Lipinski definition) is 8. The number of carboxylic acids is 1. The quantitative estimate of drug-likeness (QED) is 0.265. The average molecular weight is 440 g/mol. The van der Waals surface area contributed by atoms with Gasteiger partial charge in [0.05, 0.1) is 4.92 Å². The Kier molecular flexibility index (Phi) is 5.92. The monoisotopic (exact) mass is 440 g/mol. The second-order valence-corrected chi connectivity index (χ2v) is 8.15. The standard InChI is InChI=1S/C21H20N4O5S/c1-23-8-10-24(11-9-23)17-7-6-15(25(28)29)12-14(17)13-19(20(26)27)31-21-22-16-4-2-3-5-18(16)30-21/h2-7,12-13H,8-11H2,1H3,(H,26,27)/b19-13+. The molecular formula is C21H20N4O5S. The first-order valence-electron chi connectivity index (χ1n) is 9.61. The summed E-state index contributed by atoms with van der Waals surface area (Å²) in [5.41, 5.74) is 2.32. The number of non-ortho nitro benzene ring substituents is 1. The van der Waals surface area contributed by atoms with Crippen molar-refractivity contribution in [3.05, 3.63) is 63.0 Å². The first-order chi connectivity index (χ1) is 14.9. The predicted molar refractivity (Wildman–Crippen MR) is 118 cm³/mol. The molecule has 2 heterocycles. The molecule has 0 amide bonds. The molecule has 1 N–H and O–H groups in total. The minimum absolute atomic E-state index is 0.0394. The van der Waals surface area contributed by atoms with Gasteiger partial charge in [0.1, 0.15) is 10.4 Å². The molecule has 0 unspecified atom stereocenters. The van der Waals surface area contributed by atoms with E-state index in [2.05, 4.69) is 14.8 Å². The van der Waals surface area contributed by atoms with Crippen molar-refractivity contribution in [2.75, 3.05) is 38.1 Å². The number of aliphatic carboxylic acids is 1. The zero-order valence-electron chi connectivity index (χ0n) is 16.7. The van der Waals surface area contributed by atoms with Gasteiger partial charge in [-0.1, -0.05) is 12.1 Å². The summed E-state index contributed by atoms with van der Waals surface area (Å²) < 4.78 is 5.63. The highest BCUT2D eigenvalue weighted by molar-refractivity contribution is 8.03. The van der Waals surface area contributed by atoms with Crippen molar-refractivity contribution in [1.82, 2.24) is 9.88 Å². The van der Waals surface area contributed by atoms with E-state index < -0.39 is 10.9 Å². The van der Waals surface area contributed by atoms with E-state index in [0.717, 1.165) is 43.6 Å². The number of nitrogens with zero attached hydrogens (tertiary/aromatic N) is 4. The molecule has 0 radical (unpaired) electrons. The number of aromatic nitrogens is 1. The third-order valence-electron chi connectivity index (χ3n) is 5.03. The van der Waals surface area contributed by atoms with Crippen molar-refractivity contribution in [2.24, 2.45) is 0 Å². The number of benzene rings is 2. The molecule has 1 aliphatic rings. The third kappa shape index (κ3) is 4.70. The predicted octanol–water partition coefficient (Wildman–Crippen LogP) is 3.71. The van der Waals surface area contributed by atoms with Crippen molar-refractivity contribution >= 4 is 46.3 Å². The van der Waals surface area contributed by atoms with Crippen LogP contribution in [0.25, 0.3) is 17.2 Å². The highest BCUT2D eigenvalue weighted by Gasteiger charge is 2.21. The summed E-state index contributed by atoms with van der Waals surface area (Å²) in [6.07, 6.45) is 1.45. The van der Waals surface area contributed by atoms with Gasteiger partial charge in [-0.3, -0.25) is 10.1 Å². The minimum Gasteiger partial charge on any atom is -0.477 e. The number of para-hydroxylation sites is 2. The molecular weight excluding hydrogens is 420 g/mol. The molecule has 0 bridgehead atoms. The second kappa shape index (κ2) is 8.78. The molecule has 1 aliphatic heterocycles. The lowest BCUT2D eigenvalue weighted by molar-refractivity contribution is -0.384. The molecule has 0 saturated carbocycles. The summed E-state index contributed by atoms with van der Waals surface area (Å²) in [6.45, 7) is 3.19. The first-order valence-corrected chi connectivity index (χ1v) is 10.4. The van der Waals surface area contributed by atoms with Crippen molar-refractivity contribution < 1.29 is 19.2 Å². The smallest absolute Gasteiger partial charge is 0.342 e. The molecule has 0 atom stereocenters. The van der Waals surface area contributed by atoms with Gasteiger partial charge in [0.25, 0.3) is 10.9 Å². The zero-order chi connectivity index (χ0) is 22.0. The van der Waals surface area contributed by atoms with Crippen LogP contribution in [0.2, 0.25) is 0 Å². The molecule has 2 aromatic carbocycles. The molecule has 0 aliphatic carbocycles. The Morgan fingerprint density at radius 2 is 1.97 bits per heavy atom. The number of nitro benzene ring substituents is 1. The summed E-state index contributed by atoms with van der Waals surface area (Å²) >= 11 is 0.875. The number of carbonyl (C=O) groups is 1. The molecule has 0 spiro atoms. The Morgan fingerprint density at radius 3 is 2.65 bits per heavy atom. The average Bonchev–Trinajstić information content (AvgIpc) is 3.16. The highest BCUT2D eigenvalue weighted by Crippen LogP contribution is 2.34. The number of carboxylic acid groups (broad SMARTS) is 1. The summed E-state index contributed by atoms with van der Waals surface area (Å²) in [4.78, 5) is 31.4. The number of thioether (sulfide) groups is 1. The Labute approximate surface area is 182 Å². The number of hydrogen-bond donors (Lipinski definition) is 1. The van der Waals surface area contributed by atoms with Gasteiger partial charge in [0.2, 0.25) is 0 Å². The summed E-state index contributed by atoms with van der Waals surface area (Å²) in [6, 6.07) is 11.7. The molecule has 3 aromatic rings. The number of piperazine rings is 1. The van der Waals surface area contributed by atoms with Crippen molar-refractivity contribution in [3.8, 4) is 0 Å². The Hall–Kier alpha value is -3.37. The van der Waals surface area contributed by atoms with Gasteiger partial charge in [0, 0.05) is 49.6 Å². The molecule has 1 fully saturated rings. The maximum atomic E-state index is 12.0. The number of oxazole rings is 1. The van der Waals surface area contributed by atoms with E-state index in [-0.39, 0.29) is 15.8 Å². The lowest BCUT2D eigenvalue weighted by atomic mass is 10.1. The Morgan fingerprint density at radius 1 is 1.23 bits per heavy atom. The third-order valence-corrected chi connectivity index (χ3v) is 5.90. The van der Waals surface area contributed by atoms with Crippen LogP contribution in [0.4, 0.5) is 11.4 Å². The van der Waals surface area contributed by atoms with Crippen molar-refractivity contribution in [2.45, 2.75) is 5.22 Å². The zero-order valence-corrected chi connectivity index (χ0v) is 17.5. The van der Waals surface area contributed by atoms with Gasteiger partial charge in [-0.05, 0) is 43.1 Å². The fourth-order valence-electron chi connectivity index (χ4n) is 3.37. The molecule has 10 heteroatoms. The van der Waals surface area contributed by atoms with Crippen LogP contribution in [-0.4, -0.2) is 59.1 Å². The minimum atomic E-state index is -1.16. The van der Waals surface area contributed by atoms with Crippen LogP contribution in [0.3, 0.4) is 0 Å². The number of anilines is 1. The van der Waals surface area contributed by atoms with Crippen LogP contribution < -0.4 is 4.90 Å². The summed E-state index contributed by atoms with van der Waals surface area (Å²) in [5, 5.41) is 21.3. The number of fused-ring (bicyclic) bond motifs is 1. The van der Waals surface area contributed by atoms with Crippen LogP contribution in [0.1, 0.15) is 5.56 Å². The Balaban J connectivity index is 1.72. The van der Waals surface area contributed by atoms with E-state index >= 15 is 0 Å². The van der Waals surface area contributed by atoms with Gasteiger partial charge < -0.3 is 19.3 Å². The normalized spacial score (nSPS) is 15.4. The van der Waals surface area contributed by atoms with E-state index in [4.69, 9.17) is 4.42 Å². The molecule has 31 heavy (non-hydrogen) atoms. The number of likely N-dealkylation sites (N-methyl/N-ethyl adjacent to an activating group) is 1. The SMILES string of the molecule is CN1CCN(c2ccc([N+](=O)[O-])cc2/C=C(/Sc2nc3ccccc3o2)C(=O)O)CC1. The topological polar surface area (TPSA) is 113 Å². The van der Waals surface area contributed by atoms with Crippen LogP contribution in [0.15, 0.2) is 57.0 Å². The fraction of sp³-hybridized carbons (Fsp3) is 0.238. The van der Waals surface area contributed by atoms with Crippen LogP contribution in [0, 0.1) is 10.1 Å². The molecule has 9 nitrogen and oxygen atoms in total. The van der Waals surface area contributed by atoms with Gasteiger partial charge in [-0.2, -0.15) is 0 Å². The second-order valence-electron chi connectivity index (χ2n) is 7.15. The maximum absolute atomic E-state index is 12.0. The molecule has 1 saturated heterocycles. The highest BCUT2D eigenvalue weighted by atomic mass is 32.2. The largest absolute Gasteiger partial charge is 0.477 e.